The van der Waals surface area contributed by atoms with Crippen molar-refractivity contribution >= 4 is 9.84 Å². The van der Waals surface area contributed by atoms with Crippen LogP contribution in [-0.2, 0) is 9.84 Å². The summed E-state index contributed by atoms with van der Waals surface area (Å²) in [5, 5.41) is 0. The van der Waals surface area contributed by atoms with E-state index in [2.05, 4.69) is 0 Å². The lowest BCUT2D eigenvalue weighted by molar-refractivity contribution is 0.483. The van der Waals surface area contributed by atoms with Crippen LogP contribution in [0, 0.1) is 11.6 Å². The molecule has 0 aromatic heterocycles. The van der Waals surface area contributed by atoms with Gasteiger partial charge in [0.05, 0.1) is 4.90 Å². The smallest absolute Gasteiger partial charge is 0.175 e. The van der Waals surface area contributed by atoms with Crippen molar-refractivity contribution in [2.75, 3.05) is 12.8 Å². The van der Waals surface area contributed by atoms with Crippen LogP contribution in [-0.4, -0.2) is 21.2 Å². The van der Waals surface area contributed by atoms with Crippen molar-refractivity contribution in [3.8, 4) is 0 Å². The molecule has 2 N–H and O–H groups in total. The number of nitrogens with two attached hydrogens (primary N) is 1. The Balaban J connectivity index is 3.35. The molecule has 1 aromatic rings. The normalized spacial score (nSPS) is 13.7. The predicted octanol–water partition coefficient (Wildman–Crippen LogP) is 1.82. The highest BCUT2D eigenvalue weighted by Crippen LogP contribution is 2.26. The highest BCUT2D eigenvalue weighted by Gasteiger charge is 2.19. The first kappa shape index (κ1) is 14.1. The first-order chi connectivity index (χ1) is 7.77. The summed E-state index contributed by atoms with van der Waals surface area (Å²) in [6.07, 6.45) is 1.42. The van der Waals surface area contributed by atoms with Crippen molar-refractivity contribution in [1.82, 2.24) is 0 Å². The fourth-order valence-corrected chi connectivity index (χ4v) is 2.22. The zero-order valence-corrected chi connectivity index (χ0v) is 10.5. The molecule has 3 nitrogen and oxygen atoms in total. The molecule has 0 amide bonds. The largest absolute Gasteiger partial charge is 0.330 e. The summed E-state index contributed by atoms with van der Waals surface area (Å²) in [7, 11) is -3.55. The molecule has 1 atom stereocenters. The molecule has 6 heteroatoms. The first-order valence-corrected chi connectivity index (χ1v) is 7.05. The van der Waals surface area contributed by atoms with Crippen molar-refractivity contribution in [3.05, 3.63) is 29.3 Å². The predicted molar refractivity (Wildman–Crippen MR) is 61.6 cm³/mol. The molecule has 0 saturated heterocycles. The van der Waals surface area contributed by atoms with Gasteiger partial charge in [0.2, 0.25) is 0 Å². The van der Waals surface area contributed by atoms with E-state index in [1.54, 1.807) is 6.92 Å². The molecule has 0 spiro atoms. The van der Waals surface area contributed by atoms with Crippen molar-refractivity contribution in [3.63, 3.8) is 0 Å². The molecule has 1 unspecified atom stereocenters. The molecule has 17 heavy (non-hydrogen) atoms. The first-order valence-electron chi connectivity index (χ1n) is 5.16. The van der Waals surface area contributed by atoms with Gasteiger partial charge in [-0.05, 0) is 36.6 Å². The minimum Gasteiger partial charge on any atom is -0.330 e. The van der Waals surface area contributed by atoms with E-state index in [-0.39, 0.29) is 16.4 Å². The summed E-state index contributed by atoms with van der Waals surface area (Å²) in [6, 6.07) is 1.87. The Hall–Kier alpha value is -1.01. The van der Waals surface area contributed by atoms with Gasteiger partial charge in [0.15, 0.2) is 21.5 Å². The molecular weight excluding hydrogens is 248 g/mol. The number of rotatable bonds is 4. The highest BCUT2D eigenvalue weighted by atomic mass is 32.2. The minimum absolute atomic E-state index is 0.0517. The summed E-state index contributed by atoms with van der Waals surface area (Å²) in [4.78, 5) is -0.213. The second-order valence-corrected chi connectivity index (χ2v) is 6.07. The molecule has 0 heterocycles. The number of benzene rings is 1. The van der Waals surface area contributed by atoms with Crippen molar-refractivity contribution in [1.29, 1.82) is 0 Å². The summed E-state index contributed by atoms with van der Waals surface area (Å²) in [5.74, 6) is -2.47. The van der Waals surface area contributed by atoms with E-state index in [1.807, 2.05) is 0 Å². The zero-order chi connectivity index (χ0) is 13.2. The van der Waals surface area contributed by atoms with Crippen LogP contribution in [0.15, 0.2) is 17.0 Å². The Labute approximate surface area is 99.6 Å². The number of halogens is 2. The lowest BCUT2D eigenvalue weighted by Crippen LogP contribution is -2.09. The zero-order valence-electron chi connectivity index (χ0n) is 9.70. The summed E-state index contributed by atoms with van der Waals surface area (Å²) in [6.45, 7) is 2.00. The van der Waals surface area contributed by atoms with Crippen LogP contribution in [0.4, 0.5) is 8.78 Å². The standard InChI is InChI=1S/C11H15F2NO2S/c1-7(3-4-14)9-5-8(17(2,15)16)6-10(12)11(9)13/h5-7H,3-4,14H2,1-2H3. The quantitative estimate of drug-likeness (QED) is 0.843. The molecule has 0 aliphatic rings. The van der Waals surface area contributed by atoms with Gasteiger partial charge in [-0.2, -0.15) is 0 Å². The molecule has 1 rings (SSSR count). The Kier molecular flexibility index (Phi) is 4.21. The van der Waals surface area contributed by atoms with Crippen molar-refractivity contribution in [2.45, 2.75) is 24.2 Å². The molecular formula is C11H15F2NO2S. The topological polar surface area (TPSA) is 60.2 Å². The Morgan fingerprint density at radius 1 is 1.35 bits per heavy atom. The molecule has 0 bridgehead atoms. The van der Waals surface area contributed by atoms with Gasteiger partial charge >= 0.3 is 0 Å². The molecule has 0 radical (unpaired) electrons. The van der Waals surface area contributed by atoms with Crippen molar-refractivity contribution in [2.24, 2.45) is 5.73 Å². The summed E-state index contributed by atoms with van der Waals surface area (Å²) >= 11 is 0. The minimum atomic E-state index is -3.55. The number of sulfone groups is 1. The van der Waals surface area contributed by atoms with Gasteiger partial charge in [0.1, 0.15) is 0 Å². The van der Waals surface area contributed by atoms with E-state index in [1.165, 1.54) is 6.07 Å². The maximum absolute atomic E-state index is 13.5. The van der Waals surface area contributed by atoms with Gasteiger partial charge in [-0.1, -0.05) is 6.92 Å². The lowest BCUT2D eigenvalue weighted by atomic mass is 9.97. The van der Waals surface area contributed by atoms with E-state index in [9.17, 15) is 17.2 Å². The average molecular weight is 263 g/mol. The number of hydrogen-bond donors (Lipinski definition) is 1. The second kappa shape index (κ2) is 5.10. The van der Waals surface area contributed by atoms with Crippen LogP contribution in [0.3, 0.4) is 0 Å². The van der Waals surface area contributed by atoms with E-state index in [4.69, 9.17) is 5.73 Å². The van der Waals surface area contributed by atoms with Gasteiger partial charge in [0, 0.05) is 6.26 Å². The molecule has 0 saturated carbocycles. The van der Waals surface area contributed by atoms with Gasteiger partial charge < -0.3 is 5.73 Å². The monoisotopic (exact) mass is 263 g/mol. The Morgan fingerprint density at radius 3 is 2.41 bits per heavy atom. The third-order valence-corrected chi connectivity index (χ3v) is 3.68. The second-order valence-electron chi connectivity index (χ2n) is 4.06. The SMILES string of the molecule is CC(CCN)c1cc(S(C)(=O)=O)cc(F)c1F. The van der Waals surface area contributed by atoms with Crippen LogP contribution in [0.2, 0.25) is 0 Å². The van der Waals surface area contributed by atoms with E-state index in [0.717, 1.165) is 6.26 Å². The fourth-order valence-electron chi connectivity index (χ4n) is 1.56. The van der Waals surface area contributed by atoms with Gasteiger partial charge in [-0.15, -0.1) is 0 Å². The Bertz CT molecular complexity index is 514. The van der Waals surface area contributed by atoms with Crippen LogP contribution in [0.1, 0.15) is 24.8 Å². The van der Waals surface area contributed by atoms with E-state index in [0.29, 0.717) is 19.0 Å². The van der Waals surface area contributed by atoms with Crippen LogP contribution < -0.4 is 5.73 Å². The molecule has 96 valence electrons. The molecule has 0 aliphatic heterocycles. The Morgan fingerprint density at radius 2 is 1.94 bits per heavy atom. The van der Waals surface area contributed by atoms with Gasteiger partial charge in [-0.25, -0.2) is 17.2 Å². The van der Waals surface area contributed by atoms with Gasteiger partial charge in [-0.3, -0.25) is 0 Å². The molecule has 1 aromatic carbocycles. The lowest BCUT2D eigenvalue weighted by Gasteiger charge is -2.13. The fraction of sp³-hybridized carbons (Fsp3) is 0.455. The van der Waals surface area contributed by atoms with Crippen LogP contribution in [0.5, 0.6) is 0 Å². The molecule has 0 aliphatic carbocycles. The average Bonchev–Trinajstić information content (AvgIpc) is 2.20. The number of hydrogen-bond acceptors (Lipinski definition) is 3. The maximum atomic E-state index is 13.5. The highest BCUT2D eigenvalue weighted by molar-refractivity contribution is 7.90. The van der Waals surface area contributed by atoms with Crippen LogP contribution in [0.25, 0.3) is 0 Å². The third-order valence-electron chi connectivity index (χ3n) is 2.59. The summed E-state index contributed by atoms with van der Waals surface area (Å²) in [5.41, 5.74) is 5.40. The van der Waals surface area contributed by atoms with Crippen LogP contribution >= 0.6 is 0 Å². The maximum Gasteiger partial charge on any atom is 0.175 e. The van der Waals surface area contributed by atoms with E-state index < -0.39 is 21.5 Å². The van der Waals surface area contributed by atoms with Crippen molar-refractivity contribution < 1.29 is 17.2 Å². The molecule has 0 fully saturated rings. The summed E-state index contributed by atoms with van der Waals surface area (Å²) < 4.78 is 49.5. The van der Waals surface area contributed by atoms with E-state index >= 15 is 0 Å². The van der Waals surface area contributed by atoms with Gasteiger partial charge in [0.25, 0.3) is 0 Å². The third kappa shape index (κ3) is 3.23.